The summed E-state index contributed by atoms with van der Waals surface area (Å²) in [6, 6.07) is 0. The summed E-state index contributed by atoms with van der Waals surface area (Å²) in [4.78, 5) is 15.8. The Bertz CT molecular complexity index is 344. The van der Waals surface area contributed by atoms with Gasteiger partial charge >= 0.3 is 5.97 Å². The zero-order chi connectivity index (χ0) is 11.4. The van der Waals surface area contributed by atoms with Crippen molar-refractivity contribution in [3.63, 3.8) is 0 Å². The van der Waals surface area contributed by atoms with Crippen molar-refractivity contribution in [2.45, 2.75) is 46.0 Å². The summed E-state index contributed by atoms with van der Waals surface area (Å²) in [6.45, 7) is 6.16. The number of aromatic nitrogens is 1. The minimum Gasteiger partial charge on any atom is -0.477 e. The highest BCUT2D eigenvalue weighted by Crippen LogP contribution is 2.25. The highest BCUT2D eigenvalue weighted by atomic mass is 32.1. The summed E-state index contributed by atoms with van der Waals surface area (Å²) in [5.74, 6) is -0.533. The molecule has 0 spiro atoms. The fourth-order valence-electron chi connectivity index (χ4n) is 1.30. The van der Waals surface area contributed by atoms with E-state index in [4.69, 9.17) is 5.11 Å². The molecule has 1 heterocycles. The number of unbranched alkanes of at least 4 members (excludes halogenated alkanes) is 1. The highest BCUT2D eigenvalue weighted by molar-refractivity contribution is 7.13. The number of rotatable bonds is 5. The second-order valence-electron chi connectivity index (χ2n) is 3.89. The first-order valence-electron chi connectivity index (χ1n) is 5.29. The van der Waals surface area contributed by atoms with E-state index in [1.165, 1.54) is 11.3 Å². The molecule has 0 aliphatic rings. The molecule has 84 valence electrons. The largest absolute Gasteiger partial charge is 0.477 e. The molecule has 15 heavy (non-hydrogen) atoms. The third-order valence-corrected chi connectivity index (χ3v) is 3.56. The quantitative estimate of drug-likeness (QED) is 0.839. The zero-order valence-corrected chi connectivity index (χ0v) is 10.2. The van der Waals surface area contributed by atoms with Crippen LogP contribution in [-0.4, -0.2) is 16.1 Å². The Labute approximate surface area is 94.2 Å². The number of carbonyl (C=O) groups is 1. The summed E-state index contributed by atoms with van der Waals surface area (Å²) >= 11 is 1.32. The van der Waals surface area contributed by atoms with Crippen LogP contribution in [0.25, 0.3) is 0 Å². The molecule has 4 heteroatoms. The Kier molecular flexibility index (Phi) is 4.27. The van der Waals surface area contributed by atoms with Crippen LogP contribution in [0.2, 0.25) is 0 Å². The van der Waals surface area contributed by atoms with E-state index in [2.05, 4.69) is 11.9 Å². The van der Waals surface area contributed by atoms with Crippen molar-refractivity contribution in [3.8, 4) is 0 Å². The first-order valence-corrected chi connectivity index (χ1v) is 6.10. The Morgan fingerprint density at radius 1 is 1.53 bits per heavy atom. The van der Waals surface area contributed by atoms with Crippen LogP contribution in [0, 0.1) is 0 Å². The molecule has 0 amide bonds. The Hall–Kier alpha value is -0.900. The molecule has 0 atom stereocenters. The molecule has 1 N–H and O–H groups in total. The maximum Gasteiger partial charge on any atom is 0.347 e. The van der Waals surface area contributed by atoms with E-state index < -0.39 is 5.97 Å². The van der Waals surface area contributed by atoms with E-state index in [1.807, 2.05) is 13.8 Å². The number of thiazole rings is 1. The molecule has 0 aliphatic heterocycles. The van der Waals surface area contributed by atoms with Crippen molar-refractivity contribution >= 4 is 17.3 Å². The van der Waals surface area contributed by atoms with Crippen LogP contribution in [0.4, 0.5) is 0 Å². The Morgan fingerprint density at radius 2 is 2.20 bits per heavy atom. The van der Waals surface area contributed by atoms with Gasteiger partial charge in [0.05, 0.1) is 10.7 Å². The third-order valence-electron chi connectivity index (χ3n) is 2.17. The molecule has 0 saturated heterocycles. The first-order chi connectivity index (χ1) is 7.06. The lowest BCUT2D eigenvalue weighted by molar-refractivity contribution is 0.0700. The van der Waals surface area contributed by atoms with Crippen LogP contribution in [0.3, 0.4) is 0 Å². The van der Waals surface area contributed by atoms with E-state index in [-0.39, 0.29) is 0 Å². The second-order valence-corrected chi connectivity index (χ2v) is 4.92. The standard InChI is InChI=1S/C11H17NO2S/c1-4-5-6-8-9(11(13)14)15-10(12-8)7(2)3/h7H,4-6H2,1-3H3,(H,13,14). The van der Waals surface area contributed by atoms with E-state index in [0.717, 1.165) is 30.0 Å². The Balaban J connectivity index is 2.95. The maximum atomic E-state index is 11.0. The molecule has 1 aromatic rings. The molecule has 0 fully saturated rings. The lowest BCUT2D eigenvalue weighted by atomic mass is 10.2. The molecule has 1 rings (SSSR count). The van der Waals surface area contributed by atoms with Gasteiger partial charge in [0, 0.05) is 5.92 Å². The predicted octanol–water partition coefficient (Wildman–Crippen LogP) is 3.31. The van der Waals surface area contributed by atoms with Crippen LogP contribution in [0.15, 0.2) is 0 Å². The number of carboxylic acid groups (broad SMARTS) is 1. The molecule has 0 unspecified atom stereocenters. The van der Waals surface area contributed by atoms with Crippen molar-refractivity contribution < 1.29 is 9.90 Å². The van der Waals surface area contributed by atoms with Crippen LogP contribution < -0.4 is 0 Å². The van der Waals surface area contributed by atoms with Gasteiger partial charge in [-0.1, -0.05) is 27.2 Å². The van der Waals surface area contributed by atoms with E-state index in [1.54, 1.807) is 0 Å². The van der Waals surface area contributed by atoms with Crippen LogP contribution in [-0.2, 0) is 6.42 Å². The molecule has 1 aromatic heterocycles. The van der Waals surface area contributed by atoms with E-state index in [9.17, 15) is 4.79 Å². The summed E-state index contributed by atoms with van der Waals surface area (Å²) in [5, 5.41) is 9.96. The van der Waals surface area contributed by atoms with Crippen molar-refractivity contribution in [2.24, 2.45) is 0 Å². The predicted molar refractivity (Wildman–Crippen MR) is 61.8 cm³/mol. The van der Waals surface area contributed by atoms with Gasteiger partial charge in [-0.15, -0.1) is 11.3 Å². The van der Waals surface area contributed by atoms with Crippen molar-refractivity contribution in [1.82, 2.24) is 4.98 Å². The maximum absolute atomic E-state index is 11.0. The van der Waals surface area contributed by atoms with Gasteiger partial charge in [-0.05, 0) is 12.8 Å². The van der Waals surface area contributed by atoms with Gasteiger partial charge in [0.15, 0.2) is 0 Å². The number of hydrogen-bond donors (Lipinski definition) is 1. The summed E-state index contributed by atoms with van der Waals surface area (Å²) in [7, 11) is 0. The lowest BCUT2D eigenvalue weighted by Gasteiger charge is -1.96. The van der Waals surface area contributed by atoms with Gasteiger partial charge in [0.25, 0.3) is 0 Å². The summed E-state index contributed by atoms with van der Waals surface area (Å²) in [6.07, 6.45) is 2.84. The number of aryl methyl sites for hydroxylation is 1. The second kappa shape index (κ2) is 5.26. The van der Waals surface area contributed by atoms with Gasteiger partial charge in [-0.3, -0.25) is 0 Å². The molecular formula is C11H17NO2S. The number of nitrogens with zero attached hydrogens (tertiary/aromatic N) is 1. The number of carboxylic acids is 1. The van der Waals surface area contributed by atoms with Gasteiger partial charge in [0.2, 0.25) is 0 Å². The van der Waals surface area contributed by atoms with Crippen LogP contribution in [0.1, 0.15) is 59.9 Å². The normalized spacial score (nSPS) is 10.9. The Morgan fingerprint density at radius 3 is 2.67 bits per heavy atom. The molecular weight excluding hydrogens is 210 g/mol. The van der Waals surface area contributed by atoms with E-state index >= 15 is 0 Å². The van der Waals surface area contributed by atoms with Crippen molar-refractivity contribution in [1.29, 1.82) is 0 Å². The fraction of sp³-hybridized carbons (Fsp3) is 0.636. The first kappa shape index (κ1) is 12.2. The average molecular weight is 227 g/mol. The van der Waals surface area contributed by atoms with Crippen LogP contribution in [0.5, 0.6) is 0 Å². The molecule has 3 nitrogen and oxygen atoms in total. The molecule has 0 aromatic carbocycles. The van der Waals surface area contributed by atoms with Crippen molar-refractivity contribution in [2.75, 3.05) is 0 Å². The minimum atomic E-state index is -0.842. The lowest BCUT2D eigenvalue weighted by Crippen LogP contribution is -1.98. The minimum absolute atomic E-state index is 0.309. The SMILES string of the molecule is CCCCc1nc(C(C)C)sc1C(=O)O. The smallest absolute Gasteiger partial charge is 0.347 e. The molecule has 0 radical (unpaired) electrons. The summed E-state index contributed by atoms with van der Waals surface area (Å²) in [5.41, 5.74) is 0.762. The van der Waals surface area contributed by atoms with Gasteiger partial charge in [-0.25, -0.2) is 9.78 Å². The highest BCUT2D eigenvalue weighted by Gasteiger charge is 2.17. The average Bonchev–Trinajstić information content (AvgIpc) is 2.58. The topological polar surface area (TPSA) is 50.2 Å². The summed E-state index contributed by atoms with van der Waals surface area (Å²) < 4.78 is 0. The van der Waals surface area contributed by atoms with Crippen LogP contribution >= 0.6 is 11.3 Å². The van der Waals surface area contributed by atoms with Crippen molar-refractivity contribution in [3.05, 3.63) is 15.6 Å². The van der Waals surface area contributed by atoms with Gasteiger partial charge < -0.3 is 5.11 Å². The third kappa shape index (κ3) is 3.02. The number of hydrogen-bond acceptors (Lipinski definition) is 3. The molecule has 0 bridgehead atoms. The van der Waals surface area contributed by atoms with Gasteiger partial charge in [0.1, 0.15) is 4.88 Å². The molecule has 0 saturated carbocycles. The monoisotopic (exact) mass is 227 g/mol. The van der Waals surface area contributed by atoms with Gasteiger partial charge in [-0.2, -0.15) is 0 Å². The number of aromatic carboxylic acids is 1. The van der Waals surface area contributed by atoms with E-state index in [0.29, 0.717) is 10.8 Å². The zero-order valence-electron chi connectivity index (χ0n) is 9.41. The fourth-order valence-corrected chi connectivity index (χ4v) is 2.25. The molecule has 0 aliphatic carbocycles.